The normalized spacial score (nSPS) is 11.2. The third kappa shape index (κ3) is 3.44. The van der Waals surface area contributed by atoms with Gasteiger partial charge in [0.05, 0.1) is 6.61 Å². The Morgan fingerprint density at radius 1 is 1.20 bits per heavy atom. The van der Waals surface area contributed by atoms with Gasteiger partial charge in [-0.3, -0.25) is 4.79 Å². The Hall–Kier alpha value is -1.71. The van der Waals surface area contributed by atoms with Crippen LogP contribution in [-0.2, 0) is 0 Å². The number of carbonyl (C=O) groups is 1. The van der Waals surface area contributed by atoms with Crippen LogP contribution in [-0.4, -0.2) is 18.1 Å². The van der Waals surface area contributed by atoms with Crippen molar-refractivity contribution in [3.05, 3.63) is 23.8 Å². The van der Waals surface area contributed by atoms with E-state index in [9.17, 15) is 4.79 Å². The van der Waals surface area contributed by atoms with Crippen molar-refractivity contribution in [1.82, 2.24) is 5.32 Å². The number of hydrogen-bond donors (Lipinski definition) is 2. The molecule has 0 aliphatic heterocycles. The summed E-state index contributed by atoms with van der Waals surface area (Å²) in [4.78, 5) is 12.6. The number of rotatable bonds is 7. The second-order valence-electron chi connectivity index (χ2n) is 4.95. The van der Waals surface area contributed by atoms with Crippen LogP contribution in [0.2, 0.25) is 0 Å². The average molecular weight is 278 g/mol. The van der Waals surface area contributed by atoms with Crippen molar-refractivity contribution in [2.24, 2.45) is 0 Å². The largest absolute Gasteiger partial charge is 0.493 e. The summed E-state index contributed by atoms with van der Waals surface area (Å²) in [5.74, 6) is 0.388. The smallest absolute Gasteiger partial charge is 0.257 e. The topological polar surface area (TPSA) is 64.3 Å². The molecule has 0 aliphatic rings. The Kier molecular flexibility index (Phi) is 5.86. The molecule has 0 spiro atoms. The van der Waals surface area contributed by atoms with Crippen LogP contribution in [0.1, 0.15) is 57.3 Å². The Labute approximate surface area is 121 Å². The van der Waals surface area contributed by atoms with E-state index in [1.165, 1.54) is 0 Å². The lowest BCUT2D eigenvalue weighted by molar-refractivity contribution is 0.0885. The molecule has 0 aromatic heterocycles. The molecular formula is C16H26N2O2. The predicted octanol–water partition coefficient (Wildman–Crippen LogP) is 3.37. The van der Waals surface area contributed by atoms with Crippen molar-refractivity contribution in [3.63, 3.8) is 0 Å². The van der Waals surface area contributed by atoms with Crippen molar-refractivity contribution in [3.8, 4) is 5.75 Å². The van der Waals surface area contributed by atoms with E-state index >= 15 is 0 Å². The average Bonchev–Trinajstić information content (AvgIpc) is 2.45. The molecule has 1 rings (SSSR count). The van der Waals surface area contributed by atoms with E-state index in [1.807, 2.05) is 6.92 Å². The van der Waals surface area contributed by atoms with Gasteiger partial charge >= 0.3 is 0 Å². The van der Waals surface area contributed by atoms with Gasteiger partial charge in [0.15, 0.2) is 0 Å². The molecule has 20 heavy (non-hydrogen) atoms. The Morgan fingerprint density at radius 2 is 1.80 bits per heavy atom. The van der Waals surface area contributed by atoms with Gasteiger partial charge in [-0.25, -0.2) is 0 Å². The highest BCUT2D eigenvalue weighted by Gasteiger charge is 2.28. The third-order valence-corrected chi connectivity index (χ3v) is 3.99. The summed E-state index contributed by atoms with van der Waals surface area (Å²) < 4.78 is 5.51. The zero-order chi connectivity index (χ0) is 15.2. The van der Waals surface area contributed by atoms with Crippen molar-refractivity contribution in [2.45, 2.75) is 52.5 Å². The molecule has 112 valence electrons. The summed E-state index contributed by atoms with van der Waals surface area (Å²) in [7, 11) is 0. The first-order valence-corrected chi connectivity index (χ1v) is 7.37. The lowest BCUT2D eigenvalue weighted by atomic mass is 9.89. The summed E-state index contributed by atoms with van der Waals surface area (Å²) in [6.45, 7) is 8.66. The number of benzene rings is 1. The zero-order valence-electron chi connectivity index (χ0n) is 13.0. The van der Waals surface area contributed by atoms with Crippen LogP contribution in [0.4, 0.5) is 5.69 Å². The van der Waals surface area contributed by atoms with Crippen LogP contribution in [0.25, 0.3) is 0 Å². The second kappa shape index (κ2) is 7.17. The van der Waals surface area contributed by atoms with Gasteiger partial charge < -0.3 is 15.8 Å². The van der Waals surface area contributed by atoms with Crippen molar-refractivity contribution in [2.75, 3.05) is 12.3 Å². The predicted molar refractivity (Wildman–Crippen MR) is 83.1 cm³/mol. The molecule has 0 saturated carbocycles. The maximum absolute atomic E-state index is 12.6. The highest BCUT2D eigenvalue weighted by molar-refractivity contribution is 6.02. The number of nitrogen functional groups attached to an aromatic ring is 1. The molecule has 0 bridgehead atoms. The summed E-state index contributed by atoms with van der Waals surface area (Å²) in [5.41, 5.74) is 6.67. The summed E-state index contributed by atoms with van der Waals surface area (Å²) in [6, 6.07) is 5.30. The Bertz CT molecular complexity index is 446. The number of hydrogen-bond acceptors (Lipinski definition) is 3. The standard InChI is InChI=1S/C16H26N2O2/c1-5-16(6-2,7-3)18-15(19)14-12(17)10-9-11-13(14)20-8-4/h9-11H,5-8,17H2,1-4H3,(H,18,19). The Morgan fingerprint density at radius 3 is 2.30 bits per heavy atom. The van der Waals surface area contributed by atoms with Gasteiger partial charge in [0.2, 0.25) is 0 Å². The van der Waals surface area contributed by atoms with Gasteiger partial charge in [0.25, 0.3) is 5.91 Å². The van der Waals surface area contributed by atoms with Crippen LogP contribution in [0.5, 0.6) is 5.75 Å². The third-order valence-electron chi connectivity index (χ3n) is 3.99. The zero-order valence-corrected chi connectivity index (χ0v) is 13.0. The molecule has 0 aliphatic carbocycles. The molecule has 1 aromatic carbocycles. The maximum atomic E-state index is 12.6. The molecule has 0 unspecified atom stereocenters. The molecule has 3 N–H and O–H groups in total. The minimum absolute atomic E-state index is 0.155. The lowest BCUT2D eigenvalue weighted by Crippen LogP contribution is -2.47. The van der Waals surface area contributed by atoms with Crippen molar-refractivity contribution < 1.29 is 9.53 Å². The van der Waals surface area contributed by atoms with E-state index in [-0.39, 0.29) is 11.4 Å². The van der Waals surface area contributed by atoms with E-state index < -0.39 is 0 Å². The molecule has 0 saturated heterocycles. The molecule has 0 radical (unpaired) electrons. The van der Waals surface area contributed by atoms with Crippen LogP contribution in [0, 0.1) is 0 Å². The Balaban J connectivity index is 3.08. The minimum atomic E-state index is -0.178. The fourth-order valence-corrected chi connectivity index (χ4v) is 2.39. The number of ether oxygens (including phenoxy) is 1. The van der Waals surface area contributed by atoms with E-state index in [4.69, 9.17) is 10.5 Å². The maximum Gasteiger partial charge on any atom is 0.257 e. The first-order chi connectivity index (χ1) is 9.53. The summed E-state index contributed by atoms with van der Waals surface area (Å²) in [5, 5.41) is 3.14. The SMILES string of the molecule is CCOc1cccc(N)c1C(=O)NC(CC)(CC)CC. The number of carbonyl (C=O) groups excluding carboxylic acids is 1. The van der Waals surface area contributed by atoms with Gasteiger partial charge in [-0.05, 0) is 38.3 Å². The molecular weight excluding hydrogens is 252 g/mol. The van der Waals surface area contributed by atoms with Crippen LogP contribution in [0.3, 0.4) is 0 Å². The molecule has 1 aromatic rings. The van der Waals surface area contributed by atoms with Gasteiger partial charge in [-0.1, -0.05) is 26.8 Å². The fourth-order valence-electron chi connectivity index (χ4n) is 2.39. The molecule has 0 atom stereocenters. The van der Waals surface area contributed by atoms with Crippen LogP contribution >= 0.6 is 0 Å². The van der Waals surface area contributed by atoms with E-state index in [1.54, 1.807) is 18.2 Å². The molecule has 4 heteroatoms. The number of nitrogens with one attached hydrogen (secondary N) is 1. The van der Waals surface area contributed by atoms with Gasteiger partial charge in [0, 0.05) is 11.2 Å². The van der Waals surface area contributed by atoms with Crippen LogP contribution in [0.15, 0.2) is 18.2 Å². The molecule has 1 amide bonds. The van der Waals surface area contributed by atoms with E-state index in [0.29, 0.717) is 23.6 Å². The van der Waals surface area contributed by atoms with Crippen molar-refractivity contribution >= 4 is 11.6 Å². The molecule has 4 nitrogen and oxygen atoms in total. The minimum Gasteiger partial charge on any atom is -0.493 e. The first kappa shape index (κ1) is 16.3. The van der Waals surface area contributed by atoms with Crippen molar-refractivity contribution in [1.29, 1.82) is 0 Å². The van der Waals surface area contributed by atoms with Gasteiger partial charge in [-0.2, -0.15) is 0 Å². The summed E-state index contributed by atoms with van der Waals surface area (Å²) >= 11 is 0. The van der Waals surface area contributed by atoms with Gasteiger partial charge in [0.1, 0.15) is 11.3 Å². The molecule has 0 fully saturated rings. The fraction of sp³-hybridized carbons (Fsp3) is 0.562. The summed E-state index contributed by atoms with van der Waals surface area (Å²) in [6.07, 6.45) is 2.67. The van der Waals surface area contributed by atoms with Crippen LogP contribution < -0.4 is 15.8 Å². The highest BCUT2D eigenvalue weighted by atomic mass is 16.5. The number of anilines is 1. The highest BCUT2D eigenvalue weighted by Crippen LogP contribution is 2.27. The van der Waals surface area contributed by atoms with E-state index in [2.05, 4.69) is 26.1 Å². The quantitative estimate of drug-likeness (QED) is 0.752. The second-order valence-corrected chi connectivity index (χ2v) is 4.95. The van der Waals surface area contributed by atoms with Gasteiger partial charge in [-0.15, -0.1) is 0 Å². The monoisotopic (exact) mass is 278 g/mol. The van der Waals surface area contributed by atoms with E-state index in [0.717, 1.165) is 19.3 Å². The lowest BCUT2D eigenvalue weighted by Gasteiger charge is -2.32. The first-order valence-electron chi connectivity index (χ1n) is 7.37. The number of amides is 1. The molecule has 0 heterocycles. The number of nitrogens with two attached hydrogens (primary N) is 1.